The van der Waals surface area contributed by atoms with Gasteiger partial charge >= 0.3 is 5.97 Å². The smallest absolute Gasteiger partial charge is 0.337 e. The number of rotatable bonds is 3. The summed E-state index contributed by atoms with van der Waals surface area (Å²) in [4.78, 5) is 15.0. The first kappa shape index (κ1) is 10.9. The number of halogens is 1. The predicted molar refractivity (Wildman–Crippen MR) is 58.0 cm³/mol. The van der Waals surface area contributed by atoms with Crippen molar-refractivity contribution in [2.24, 2.45) is 0 Å². The number of hydrogen-bond acceptors (Lipinski definition) is 3. The van der Waals surface area contributed by atoms with E-state index in [0.29, 0.717) is 17.8 Å². The summed E-state index contributed by atoms with van der Waals surface area (Å²) in [5.41, 5.74) is 0.462. The molecule has 2 rings (SSSR count). The summed E-state index contributed by atoms with van der Waals surface area (Å²) < 4.78 is 1.59. The number of nitrogens with zero attached hydrogens (tertiary/aromatic N) is 2. The Hall–Kier alpha value is -1.59. The van der Waals surface area contributed by atoms with E-state index in [9.17, 15) is 4.79 Å². The van der Waals surface area contributed by atoms with Crippen LogP contribution in [0.3, 0.4) is 0 Å². The lowest BCUT2D eigenvalue weighted by Crippen LogP contribution is -2.02. The molecule has 84 valence electrons. The van der Waals surface area contributed by atoms with Crippen LogP contribution in [0.1, 0.15) is 16.2 Å². The van der Waals surface area contributed by atoms with E-state index in [0.717, 1.165) is 0 Å². The number of fused-ring (bicyclic) bond motifs is 1. The fraction of sp³-hybridized carbons (Fsp3) is 0.200. The van der Waals surface area contributed by atoms with Gasteiger partial charge in [0.05, 0.1) is 17.7 Å². The van der Waals surface area contributed by atoms with Crippen LogP contribution in [-0.2, 0) is 6.42 Å². The van der Waals surface area contributed by atoms with E-state index in [1.807, 2.05) is 0 Å². The van der Waals surface area contributed by atoms with Gasteiger partial charge in [-0.25, -0.2) is 9.78 Å². The van der Waals surface area contributed by atoms with Crippen molar-refractivity contribution in [1.82, 2.24) is 9.38 Å². The van der Waals surface area contributed by atoms with Crippen LogP contribution in [0.4, 0.5) is 0 Å². The van der Waals surface area contributed by atoms with Crippen LogP contribution >= 0.6 is 11.6 Å². The van der Waals surface area contributed by atoms with E-state index in [2.05, 4.69) is 4.98 Å². The van der Waals surface area contributed by atoms with Crippen molar-refractivity contribution in [1.29, 1.82) is 0 Å². The van der Waals surface area contributed by atoms with Gasteiger partial charge in [0.2, 0.25) is 0 Å². The van der Waals surface area contributed by atoms with Gasteiger partial charge in [0.25, 0.3) is 0 Å². The van der Waals surface area contributed by atoms with Crippen LogP contribution in [0.2, 0.25) is 5.15 Å². The minimum absolute atomic E-state index is 0.0628. The van der Waals surface area contributed by atoms with Gasteiger partial charge in [0.1, 0.15) is 5.82 Å². The van der Waals surface area contributed by atoms with Crippen molar-refractivity contribution in [3.63, 3.8) is 0 Å². The SMILES string of the molecule is O=C(O)c1cccn2c(CCO)nc(Cl)c12. The van der Waals surface area contributed by atoms with Gasteiger partial charge in [0, 0.05) is 12.6 Å². The van der Waals surface area contributed by atoms with Crippen molar-refractivity contribution >= 4 is 23.1 Å². The fourth-order valence-corrected chi connectivity index (χ4v) is 1.89. The van der Waals surface area contributed by atoms with E-state index in [-0.39, 0.29) is 17.3 Å². The summed E-state index contributed by atoms with van der Waals surface area (Å²) in [5.74, 6) is -0.506. The minimum atomic E-state index is -1.05. The molecule has 0 aliphatic carbocycles. The highest BCUT2D eigenvalue weighted by Gasteiger charge is 2.16. The molecule has 2 N–H and O–H groups in total. The van der Waals surface area contributed by atoms with Crippen molar-refractivity contribution in [3.8, 4) is 0 Å². The molecule has 0 spiro atoms. The summed E-state index contributed by atoms with van der Waals surface area (Å²) in [6.45, 7) is -0.0628. The number of aromatic nitrogens is 2. The average molecular weight is 241 g/mol. The van der Waals surface area contributed by atoms with Gasteiger partial charge < -0.3 is 14.6 Å². The highest BCUT2D eigenvalue weighted by Crippen LogP contribution is 2.22. The summed E-state index contributed by atoms with van der Waals surface area (Å²) in [5, 5.41) is 18.0. The number of carboxylic acids is 1. The molecule has 2 aromatic heterocycles. The topological polar surface area (TPSA) is 74.8 Å². The third-order valence-corrected chi connectivity index (χ3v) is 2.52. The number of hydrogen-bond donors (Lipinski definition) is 2. The number of pyridine rings is 1. The van der Waals surface area contributed by atoms with E-state index in [1.54, 1.807) is 16.7 Å². The van der Waals surface area contributed by atoms with E-state index >= 15 is 0 Å². The molecule has 0 bridgehead atoms. The van der Waals surface area contributed by atoms with Crippen LogP contribution in [0, 0.1) is 0 Å². The second-order valence-corrected chi connectivity index (χ2v) is 3.60. The third-order valence-electron chi connectivity index (χ3n) is 2.26. The highest BCUT2D eigenvalue weighted by molar-refractivity contribution is 6.33. The van der Waals surface area contributed by atoms with Crippen molar-refractivity contribution in [2.45, 2.75) is 6.42 Å². The Labute approximate surface area is 95.9 Å². The normalized spacial score (nSPS) is 10.9. The average Bonchev–Trinajstić information content (AvgIpc) is 2.57. The Kier molecular flexibility index (Phi) is 2.80. The molecule has 0 saturated heterocycles. The molecule has 0 amide bonds. The Morgan fingerprint density at radius 1 is 1.56 bits per heavy atom. The van der Waals surface area contributed by atoms with Gasteiger partial charge in [0.15, 0.2) is 5.15 Å². The lowest BCUT2D eigenvalue weighted by molar-refractivity contribution is 0.0698. The van der Waals surface area contributed by atoms with Crippen LogP contribution < -0.4 is 0 Å². The first-order valence-electron chi connectivity index (χ1n) is 4.64. The van der Waals surface area contributed by atoms with E-state index in [4.69, 9.17) is 21.8 Å². The molecule has 0 saturated carbocycles. The van der Waals surface area contributed by atoms with Gasteiger partial charge in [-0.2, -0.15) is 0 Å². The monoisotopic (exact) mass is 240 g/mol. The Morgan fingerprint density at radius 2 is 2.31 bits per heavy atom. The fourth-order valence-electron chi connectivity index (χ4n) is 1.60. The first-order chi connectivity index (χ1) is 7.65. The van der Waals surface area contributed by atoms with E-state index < -0.39 is 5.97 Å². The maximum Gasteiger partial charge on any atom is 0.337 e. The summed E-state index contributed by atoms with van der Waals surface area (Å²) in [6.07, 6.45) is 2.00. The summed E-state index contributed by atoms with van der Waals surface area (Å²) in [6, 6.07) is 3.07. The molecule has 0 radical (unpaired) electrons. The molecule has 5 nitrogen and oxygen atoms in total. The number of carboxylic acid groups (broad SMARTS) is 1. The van der Waals surface area contributed by atoms with Gasteiger partial charge in [-0.15, -0.1) is 0 Å². The lowest BCUT2D eigenvalue weighted by atomic mass is 10.2. The molecule has 0 aliphatic rings. The zero-order valence-electron chi connectivity index (χ0n) is 8.22. The van der Waals surface area contributed by atoms with Crippen LogP contribution in [0.25, 0.3) is 5.52 Å². The highest BCUT2D eigenvalue weighted by atomic mass is 35.5. The van der Waals surface area contributed by atoms with E-state index in [1.165, 1.54) is 6.07 Å². The Bertz CT molecular complexity index is 550. The number of aliphatic hydroxyl groups excluding tert-OH is 1. The summed E-state index contributed by atoms with van der Waals surface area (Å²) >= 11 is 5.89. The summed E-state index contributed by atoms with van der Waals surface area (Å²) in [7, 11) is 0. The zero-order chi connectivity index (χ0) is 11.7. The van der Waals surface area contributed by atoms with Gasteiger partial charge in [-0.1, -0.05) is 11.6 Å². The zero-order valence-corrected chi connectivity index (χ0v) is 8.98. The number of aliphatic hydroxyl groups is 1. The Balaban J connectivity index is 2.74. The molecule has 2 aromatic rings. The standard InChI is InChI=1S/C10H9ClN2O3/c11-9-8-6(10(15)16)2-1-4-13(8)7(12-9)3-5-14/h1-2,4,14H,3,5H2,(H,15,16). The molecule has 6 heteroatoms. The van der Waals surface area contributed by atoms with Crippen molar-refractivity contribution < 1.29 is 15.0 Å². The second-order valence-electron chi connectivity index (χ2n) is 3.24. The second kappa shape index (κ2) is 4.11. The minimum Gasteiger partial charge on any atom is -0.478 e. The Morgan fingerprint density at radius 3 is 2.94 bits per heavy atom. The molecule has 0 aliphatic heterocycles. The van der Waals surface area contributed by atoms with Crippen LogP contribution in [-0.4, -0.2) is 32.2 Å². The quantitative estimate of drug-likeness (QED) is 0.846. The first-order valence-corrected chi connectivity index (χ1v) is 5.02. The third kappa shape index (κ3) is 1.64. The van der Waals surface area contributed by atoms with Crippen molar-refractivity contribution in [2.75, 3.05) is 6.61 Å². The number of imidazole rings is 1. The molecular weight excluding hydrogens is 232 g/mol. The van der Waals surface area contributed by atoms with Gasteiger partial charge in [-0.3, -0.25) is 0 Å². The molecular formula is C10H9ClN2O3. The van der Waals surface area contributed by atoms with Crippen LogP contribution in [0.15, 0.2) is 18.3 Å². The van der Waals surface area contributed by atoms with Crippen molar-refractivity contribution in [3.05, 3.63) is 34.9 Å². The maximum absolute atomic E-state index is 11.0. The molecule has 16 heavy (non-hydrogen) atoms. The largest absolute Gasteiger partial charge is 0.478 e. The van der Waals surface area contributed by atoms with Crippen LogP contribution in [0.5, 0.6) is 0 Å². The number of aromatic carboxylic acids is 1. The maximum atomic E-state index is 11.0. The predicted octanol–water partition coefficient (Wildman–Crippen LogP) is 1.22. The molecule has 0 fully saturated rings. The molecule has 0 atom stereocenters. The number of carbonyl (C=O) groups is 1. The van der Waals surface area contributed by atoms with Gasteiger partial charge in [-0.05, 0) is 12.1 Å². The molecule has 2 heterocycles. The molecule has 0 aromatic carbocycles. The lowest BCUT2D eigenvalue weighted by Gasteiger charge is -2.01. The molecule has 0 unspecified atom stereocenters.